The first kappa shape index (κ1) is 20.0. The van der Waals surface area contributed by atoms with Crippen LogP contribution in [0.15, 0.2) is 29.2 Å². The van der Waals surface area contributed by atoms with Crippen molar-refractivity contribution >= 4 is 38.3 Å². The molecule has 1 aliphatic heterocycles. The average Bonchev–Trinajstić information content (AvgIpc) is 3.30. The minimum Gasteiger partial charge on any atom is -0.340 e. The zero-order chi connectivity index (χ0) is 20.6. The quantitative estimate of drug-likeness (QED) is 0.790. The van der Waals surface area contributed by atoms with Gasteiger partial charge in [-0.25, -0.2) is 13.4 Å². The Balaban J connectivity index is 1.48. The predicted octanol–water partition coefficient (Wildman–Crippen LogP) is 1.74. The van der Waals surface area contributed by atoms with Gasteiger partial charge < -0.3 is 4.90 Å². The van der Waals surface area contributed by atoms with Crippen molar-refractivity contribution in [3.8, 4) is 0 Å². The maximum atomic E-state index is 13.0. The van der Waals surface area contributed by atoms with Crippen LogP contribution < -0.4 is 5.32 Å². The molecule has 0 unspecified atom stereocenters. The molecule has 1 aromatic carbocycles. The number of hydrogen-bond donors (Lipinski definition) is 1. The number of rotatable bonds is 4. The second-order valence-electron chi connectivity index (χ2n) is 7.13. The third kappa shape index (κ3) is 4.05. The molecule has 2 aliphatic rings. The Kier molecular flexibility index (Phi) is 5.41. The van der Waals surface area contributed by atoms with Crippen LogP contribution in [-0.4, -0.2) is 60.6 Å². The maximum absolute atomic E-state index is 13.0. The normalized spacial score (nSPS) is 17.2. The molecule has 1 N–H and O–H groups in total. The number of hydrogen-bond acceptors (Lipinski definition) is 6. The minimum atomic E-state index is -3.74. The van der Waals surface area contributed by atoms with Crippen LogP contribution >= 0.6 is 11.3 Å². The van der Waals surface area contributed by atoms with Gasteiger partial charge in [0.05, 0.1) is 10.6 Å². The number of carbonyl (C=O) groups excluding carboxylic acids is 2. The van der Waals surface area contributed by atoms with Gasteiger partial charge in [0.15, 0.2) is 5.13 Å². The summed E-state index contributed by atoms with van der Waals surface area (Å²) in [5.41, 5.74) is 1.31. The lowest BCUT2D eigenvalue weighted by Crippen LogP contribution is -2.49. The summed E-state index contributed by atoms with van der Waals surface area (Å²) in [6, 6.07) is 6.03. The van der Waals surface area contributed by atoms with E-state index in [0.717, 1.165) is 25.0 Å². The molecule has 2 amide bonds. The van der Waals surface area contributed by atoms with Gasteiger partial charge in [-0.05, 0) is 37.5 Å². The molecule has 0 radical (unpaired) electrons. The molecular weight excluding hydrogens is 412 g/mol. The van der Waals surface area contributed by atoms with E-state index in [1.165, 1.54) is 39.6 Å². The lowest BCUT2D eigenvalue weighted by molar-refractivity contribution is -0.129. The first-order valence-electron chi connectivity index (χ1n) is 9.50. The molecule has 1 aliphatic carbocycles. The van der Waals surface area contributed by atoms with Crippen LogP contribution in [0.4, 0.5) is 5.13 Å². The summed E-state index contributed by atoms with van der Waals surface area (Å²) in [6.45, 7) is 2.68. The third-order valence-corrected chi connectivity index (χ3v) is 8.20. The van der Waals surface area contributed by atoms with Crippen LogP contribution in [0.25, 0.3) is 0 Å². The van der Waals surface area contributed by atoms with Crippen molar-refractivity contribution in [1.82, 2.24) is 14.2 Å². The van der Waals surface area contributed by atoms with Gasteiger partial charge in [0, 0.05) is 43.5 Å². The number of sulfonamides is 1. The predicted molar refractivity (Wildman–Crippen MR) is 110 cm³/mol. The highest BCUT2D eigenvalue weighted by atomic mass is 32.2. The van der Waals surface area contributed by atoms with Crippen LogP contribution in [0.3, 0.4) is 0 Å². The van der Waals surface area contributed by atoms with Crippen molar-refractivity contribution in [2.75, 3.05) is 31.5 Å². The summed E-state index contributed by atoms with van der Waals surface area (Å²) in [4.78, 5) is 31.4. The van der Waals surface area contributed by atoms with E-state index >= 15 is 0 Å². The topological polar surface area (TPSA) is 99.7 Å². The lowest BCUT2D eigenvalue weighted by Gasteiger charge is -2.33. The third-order valence-electron chi connectivity index (χ3n) is 5.23. The molecule has 0 saturated carbocycles. The molecule has 1 saturated heterocycles. The molecule has 2 heterocycles. The molecule has 8 nitrogen and oxygen atoms in total. The Bertz CT molecular complexity index is 1030. The number of thiazole rings is 1. The van der Waals surface area contributed by atoms with Gasteiger partial charge in [-0.2, -0.15) is 4.31 Å². The molecule has 154 valence electrons. The lowest BCUT2D eigenvalue weighted by atomic mass is 10.2. The van der Waals surface area contributed by atoms with Crippen LogP contribution in [0.2, 0.25) is 0 Å². The molecule has 0 spiro atoms. The number of benzene rings is 1. The fraction of sp³-hybridized carbons (Fsp3) is 0.421. The Hall–Kier alpha value is -2.30. The van der Waals surface area contributed by atoms with Gasteiger partial charge in [0.2, 0.25) is 15.9 Å². The van der Waals surface area contributed by atoms with E-state index in [2.05, 4.69) is 10.3 Å². The summed E-state index contributed by atoms with van der Waals surface area (Å²) in [7, 11) is -3.74. The molecule has 1 aromatic heterocycles. The first-order valence-corrected chi connectivity index (χ1v) is 11.8. The first-order chi connectivity index (χ1) is 13.8. The van der Waals surface area contributed by atoms with Gasteiger partial charge in [-0.1, -0.05) is 6.07 Å². The maximum Gasteiger partial charge on any atom is 0.257 e. The van der Waals surface area contributed by atoms with Crippen LogP contribution in [0.5, 0.6) is 0 Å². The number of fused-ring (bicyclic) bond motifs is 1. The number of nitrogens with zero attached hydrogens (tertiary/aromatic N) is 3. The second kappa shape index (κ2) is 7.85. The molecular formula is C19H22N4O4S2. The Morgan fingerprint density at radius 1 is 1.14 bits per heavy atom. The van der Waals surface area contributed by atoms with Crippen molar-refractivity contribution in [2.45, 2.75) is 31.1 Å². The van der Waals surface area contributed by atoms with Gasteiger partial charge in [0.25, 0.3) is 5.91 Å². The van der Waals surface area contributed by atoms with Crippen molar-refractivity contribution in [3.63, 3.8) is 0 Å². The Labute approximate surface area is 173 Å². The number of anilines is 1. The summed E-state index contributed by atoms with van der Waals surface area (Å²) in [5, 5.41) is 3.33. The molecule has 4 rings (SSSR count). The summed E-state index contributed by atoms with van der Waals surface area (Å²) >= 11 is 1.48. The fourth-order valence-corrected chi connectivity index (χ4v) is 6.12. The zero-order valence-corrected chi connectivity index (χ0v) is 17.7. The Morgan fingerprint density at radius 2 is 1.90 bits per heavy atom. The smallest absolute Gasteiger partial charge is 0.257 e. The molecule has 2 aromatic rings. The monoisotopic (exact) mass is 434 g/mol. The van der Waals surface area contributed by atoms with E-state index in [-0.39, 0.29) is 35.4 Å². The van der Waals surface area contributed by atoms with Gasteiger partial charge in [-0.15, -0.1) is 11.3 Å². The van der Waals surface area contributed by atoms with E-state index in [9.17, 15) is 18.0 Å². The van der Waals surface area contributed by atoms with Crippen molar-refractivity contribution in [3.05, 3.63) is 40.4 Å². The van der Waals surface area contributed by atoms with Gasteiger partial charge in [-0.3, -0.25) is 14.9 Å². The highest BCUT2D eigenvalue weighted by Gasteiger charge is 2.29. The van der Waals surface area contributed by atoms with E-state index in [1.807, 2.05) is 0 Å². The number of carbonyl (C=O) groups is 2. The second-order valence-corrected chi connectivity index (χ2v) is 10.2. The van der Waals surface area contributed by atoms with Gasteiger partial charge >= 0.3 is 0 Å². The van der Waals surface area contributed by atoms with Crippen molar-refractivity contribution < 1.29 is 18.0 Å². The number of aryl methyl sites for hydroxylation is 2. The van der Waals surface area contributed by atoms with Crippen LogP contribution in [0, 0.1) is 0 Å². The van der Waals surface area contributed by atoms with Crippen molar-refractivity contribution in [1.29, 1.82) is 0 Å². The Morgan fingerprint density at radius 3 is 2.59 bits per heavy atom. The van der Waals surface area contributed by atoms with E-state index in [0.29, 0.717) is 18.2 Å². The molecule has 0 bridgehead atoms. The highest BCUT2D eigenvalue weighted by Crippen LogP contribution is 2.30. The fourth-order valence-electron chi connectivity index (χ4n) is 3.60. The van der Waals surface area contributed by atoms with Crippen molar-refractivity contribution in [2.24, 2.45) is 0 Å². The largest absolute Gasteiger partial charge is 0.340 e. The summed E-state index contributed by atoms with van der Waals surface area (Å²) in [5.74, 6) is -0.440. The average molecular weight is 435 g/mol. The van der Waals surface area contributed by atoms with E-state index < -0.39 is 10.0 Å². The SMILES string of the molecule is CC(=O)N1CCN(S(=O)(=O)c2cccc(C(=O)Nc3nc4c(s3)CCC4)c2)CC1. The van der Waals surface area contributed by atoms with Crippen LogP contribution in [0.1, 0.15) is 34.3 Å². The summed E-state index contributed by atoms with van der Waals surface area (Å²) in [6.07, 6.45) is 3.03. The minimum absolute atomic E-state index is 0.0612. The van der Waals surface area contributed by atoms with E-state index in [1.54, 1.807) is 17.0 Å². The number of aromatic nitrogens is 1. The number of amides is 2. The molecule has 0 atom stereocenters. The van der Waals surface area contributed by atoms with Crippen LogP contribution in [-0.2, 0) is 27.7 Å². The zero-order valence-electron chi connectivity index (χ0n) is 16.1. The van der Waals surface area contributed by atoms with Gasteiger partial charge in [0.1, 0.15) is 0 Å². The molecule has 10 heteroatoms. The van der Waals surface area contributed by atoms with E-state index in [4.69, 9.17) is 0 Å². The molecule has 29 heavy (non-hydrogen) atoms. The number of piperazine rings is 1. The highest BCUT2D eigenvalue weighted by molar-refractivity contribution is 7.89. The number of nitrogens with one attached hydrogen (secondary N) is 1. The summed E-state index contributed by atoms with van der Waals surface area (Å²) < 4.78 is 27.3. The standard InChI is InChI=1S/C19H22N4O4S2/c1-13(24)22-8-10-23(11-9-22)29(26,27)15-5-2-4-14(12-15)18(25)21-19-20-16-6-3-7-17(16)28-19/h2,4-5,12H,3,6-11H2,1H3,(H,20,21,25). The molecule has 1 fully saturated rings.